The lowest BCUT2D eigenvalue weighted by Crippen LogP contribution is -2.13. The zero-order chi connectivity index (χ0) is 24.5. The number of carbonyl (C=O) groups excluding carboxylic acids is 1. The van der Waals surface area contributed by atoms with Crippen LogP contribution in [-0.2, 0) is 12.8 Å². The van der Waals surface area contributed by atoms with Crippen LogP contribution in [-0.4, -0.2) is 10.9 Å². The summed E-state index contributed by atoms with van der Waals surface area (Å²) in [5.74, 6) is 0.907. The molecule has 1 unspecified atom stereocenters. The number of pyridine rings is 1. The third-order valence-electron chi connectivity index (χ3n) is 7.12. The maximum atomic E-state index is 13.6. The van der Waals surface area contributed by atoms with Crippen LogP contribution >= 0.6 is 11.3 Å². The van der Waals surface area contributed by atoms with Crippen molar-refractivity contribution in [2.75, 3.05) is 5.32 Å². The van der Waals surface area contributed by atoms with Crippen LogP contribution in [0.2, 0.25) is 0 Å². The number of amides is 1. The van der Waals surface area contributed by atoms with Crippen molar-refractivity contribution >= 4 is 33.1 Å². The highest BCUT2D eigenvalue weighted by Crippen LogP contribution is 2.40. The maximum absolute atomic E-state index is 13.6. The Balaban J connectivity index is 1.53. The molecule has 0 aliphatic heterocycles. The molecule has 5 heteroatoms. The van der Waals surface area contributed by atoms with Crippen LogP contribution in [0.1, 0.15) is 71.5 Å². The highest BCUT2D eigenvalue weighted by atomic mass is 32.1. The molecule has 35 heavy (non-hydrogen) atoms. The fraction of sp³-hybridized carbons (Fsp3) is 0.300. The molecule has 1 N–H and O–H groups in total. The van der Waals surface area contributed by atoms with Crippen LogP contribution in [0.15, 0.2) is 54.6 Å². The molecule has 1 aliphatic rings. The molecule has 5 rings (SSSR count). The van der Waals surface area contributed by atoms with E-state index in [0.29, 0.717) is 28.0 Å². The first-order chi connectivity index (χ1) is 17.0. The Labute approximate surface area is 210 Å². The second kappa shape index (κ2) is 9.64. The molecule has 2 heterocycles. The van der Waals surface area contributed by atoms with Crippen LogP contribution in [0, 0.1) is 17.2 Å². The van der Waals surface area contributed by atoms with E-state index in [-0.39, 0.29) is 5.91 Å². The number of para-hydroxylation sites is 1. The van der Waals surface area contributed by atoms with Gasteiger partial charge in [-0.1, -0.05) is 69.7 Å². The van der Waals surface area contributed by atoms with Crippen LogP contribution in [0.3, 0.4) is 0 Å². The third kappa shape index (κ3) is 4.47. The van der Waals surface area contributed by atoms with E-state index in [4.69, 9.17) is 4.98 Å². The first-order valence-electron chi connectivity index (χ1n) is 12.3. The Bertz CT molecular complexity index is 1440. The molecule has 0 radical (unpaired) electrons. The summed E-state index contributed by atoms with van der Waals surface area (Å²) in [7, 11) is 0. The average molecular weight is 480 g/mol. The molecule has 0 fully saturated rings. The number of anilines is 1. The highest BCUT2D eigenvalue weighted by molar-refractivity contribution is 7.16. The van der Waals surface area contributed by atoms with E-state index >= 15 is 0 Å². The smallest absolute Gasteiger partial charge is 0.257 e. The third-order valence-corrected chi connectivity index (χ3v) is 8.29. The minimum Gasteiger partial charge on any atom is -0.312 e. The van der Waals surface area contributed by atoms with Crippen LogP contribution in [0.4, 0.5) is 5.00 Å². The predicted molar refractivity (Wildman–Crippen MR) is 144 cm³/mol. The molecule has 0 saturated carbocycles. The monoisotopic (exact) mass is 479 g/mol. The van der Waals surface area contributed by atoms with Gasteiger partial charge in [0, 0.05) is 15.8 Å². The summed E-state index contributed by atoms with van der Waals surface area (Å²) in [6.07, 6.45) is 4.16. The molecule has 0 spiro atoms. The van der Waals surface area contributed by atoms with Crippen molar-refractivity contribution in [3.63, 3.8) is 0 Å². The second-order valence-corrected chi connectivity index (χ2v) is 10.7. The van der Waals surface area contributed by atoms with E-state index < -0.39 is 0 Å². The van der Waals surface area contributed by atoms with E-state index in [0.717, 1.165) is 53.4 Å². The van der Waals surface area contributed by atoms with Gasteiger partial charge in [-0.25, -0.2) is 4.98 Å². The molecule has 4 aromatic rings. The van der Waals surface area contributed by atoms with Gasteiger partial charge >= 0.3 is 0 Å². The molecular formula is C30H29N3OS. The van der Waals surface area contributed by atoms with Crippen molar-refractivity contribution in [3.8, 4) is 17.3 Å². The summed E-state index contributed by atoms with van der Waals surface area (Å²) in [6, 6.07) is 20.3. The molecular weight excluding hydrogens is 450 g/mol. The standard InChI is InChI=1S/C30H29N3OS/c1-4-19-9-14-23-25(17-31)30(35-28(23)15-19)33-29(34)24-16-27(32-26-8-6-5-7-22(24)26)21-12-10-20(11-13-21)18(2)3/h5-8,10-13,16,18-19H,4,9,14-15H2,1-3H3,(H,33,34). The van der Waals surface area contributed by atoms with E-state index in [1.54, 1.807) is 11.3 Å². The number of hydrogen-bond donors (Lipinski definition) is 1. The quantitative estimate of drug-likeness (QED) is 0.318. The van der Waals surface area contributed by atoms with Crippen molar-refractivity contribution in [1.82, 2.24) is 4.98 Å². The molecule has 1 amide bonds. The average Bonchev–Trinajstić information content (AvgIpc) is 3.23. The number of carbonyl (C=O) groups is 1. The van der Waals surface area contributed by atoms with Crippen molar-refractivity contribution in [1.29, 1.82) is 5.26 Å². The fourth-order valence-electron chi connectivity index (χ4n) is 4.93. The minimum atomic E-state index is -0.203. The molecule has 0 bridgehead atoms. The number of rotatable bonds is 5. The van der Waals surface area contributed by atoms with Gasteiger partial charge in [-0.05, 0) is 54.4 Å². The zero-order valence-electron chi connectivity index (χ0n) is 20.4. The predicted octanol–water partition coefficient (Wildman–Crippen LogP) is 7.73. The Kier molecular flexibility index (Phi) is 6.40. The van der Waals surface area contributed by atoms with Crippen LogP contribution < -0.4 is 5.32 Å². The Hall–Kier alpha value is -3.49. The SMILES string of the molecule is CCC1CCc2c(sc(NC(=O)c3cc(-c4ccc(C(C)C)cc4)nc4ccccc34)c2C#N)C1. The van der Waals surface area contributed by atoms with E-state index in [1.807, 2.05) is 30.3 Å². The van der Waals surface area contributed by atoms with E-state index in [1.165, 1.54) is 10.4 Å². The van der Waals surface area contributed by atoms with Crippen molar-refractivity contribution in [2.24, 2.45) is 5.92 Å². The molecule has 1 atom stereocenters. The number of thiophene rings is 1. The number of benzene rings is 2. The topological polar surface area (TPSA) is 65.8 Å². The summed E-state index contributed by atoms with van der Waals surface area (Å²) in [5.41, 5.74) is 6.12. The summed E-state index contributed by atoms with van der Waals surface area (Å²) in [5, 5.41) is 14.5. The first-order valence-corrected chi connectivity index (χ1v) is 13.2. The molecule has 1 aliphatic carbocycles. The lowest BCUT2D eigenvalue weighted by Gasteiger charge is -2.20. The van der Waals surface area contributed by atoms with Gasteiger partial charge in [0.25, 0.3) is 5.91 Å². The van der Waals surface area contributed by atoms with Gasteiger partial charge in [-0.15, -0.1) is 11.3 Å². The van der Waals surface area contributed by atoms with E-state index in [2.05, 4.69) is 56.4 Å². The van der Waals surface area contributed by atoms with E-state index in [9.17, 15) is 10.1 Å². The molecule has 176 valence electrons. The largest absolute Gasteiger partial charge is 0.312 e. The summed E-state index contributed by atoms with van der Waals surface area (Å²) < 4.78 is 0. The van der Waals surface area contributed by atoms with Gasteiger partial charge in [-0.2, -0.15) is 5.26 Å². The molecule has 2 aromatic heterocycles. The maximum Gasteiger partial charge on any atom is 0.257 e. The van der Waals surface area contributed by atoms with Gasteiger partial charge in [-0.3, -0.25) is 4.79 Å². The van der Waals surface area contributed by atoms with Gasteiger partial charge in [0.05, 0.1) is 22.3 Å². The van der Waals surface area contributed by atoms with Crippen LogP contribution in [0.25, 0.3) is 22.2 Å². The Morgan fingerprint density at radius 1 is 1.20 bits per heavy atom. The lowest BCUT2D eigenvalue weighted by molar-refractivity contribution is 0.102. The number of hydrogen-bond acceptors (Lipinski definition) is 4. The lowest BCUT2D eigenvalue weighted by atomic mass is 9.86. The van der Waals surface area contributed by atoms with Gasteiger partial charge in [0.15, 0.2) is 0 Å². The zero-order valence-corrected chi connectivity index (χ0v) is 21.2. The van der Waals surface area contributed by atoms with Crippen molar-refractivity contribution < 1.29 is 4.79 Å². The second-order valence-electron chi connectivity index (χ2n) is 9.64. The van der Waals surface area contributed by atoms with Crippen LogP contribution in [0.5, 0.6) is 0 Å². The van der Waals surface area contributed by atoms with Gasteiger partial charge in [0.1, 0.15) is 11.1 Å². The first kappa shape index (κ1) is 23.3. The van der Waals surface area contributed by atoms with Gasteiger partial charge < -0.3 is 5.32 Å². The molecule has 2 aromatic carbocycles. The van der Waals surface area contributed by atoms with Gasteiger partial charge in [0.2, 0.25) is 0 Å². The number of fused-ring (bicyclic) bond motifs is 2. The molecule has 4 nitrogen and oxygen atoms in total. The summed E-state index contributed by atoms with van der Waals surface area (Å²) in [6.45, 7) is 6.57. The molecule has 0 saturated heterocycles. The summed E-state index contributed by atoms with van der Waals surface area (Å²) in [4.78, 5) is 19.7. The number of nitriles is 1. The minimum absolute atomic E-state index is 0.203. The Morgan fingerprint density at radius 2 is 1.97 bits per heavy atom. The fourth-order valence-corrected chi connectivity index (χ4v) is 6.24. The summed E-state index contributed by atoms with van der Waals surface area (Å²) >= 11 is 1.57. The van der Waals surface area contributed by atoms with Crippen molar-refractivity contribution in [3.05, 3.63) is 81.7 Å². The number of nitrogens with one attached hydrogen (secondary N) is 1. The normalized spacial score (nSPS) is 15.1. The number of nitrogens with zero attached hydrogens (tertiary/aromatic N) is 2. The Morgan fingerprint density at radius 3 is 2.69 bits per heavy atom. The number of aromatic nitrogens is 1. The van der Waals surface area contributed by atoms with Crippen molar-refractivity contribution in [2.45, 2.75) is 52.4 Å². The highest BCUT2D eigenvalue weighted by Gasteiger charge is 2.26.